The number of benzene rings is 1. The molecule has 0 bridgehead atoms. The lowest BCUT2D eigenvalue weighted by Crippen LogP contribution is -2.60. The summed E-state index contributed by atoms with van der Waals surface area (Å²) in [5.74, 6) is -3.41. The van der Waals surface area contributed by atoms with Crippen molar-refractivity contribution in [3.8, 4) is 11.5 Å². The van der Waals surface area contributed by atoms with E-state index in [-0.39, 0.29) is 54.6 Å². The van der Waals surface area contributed by atoms with E-state index in [1.807, 2.05) is 48.5 Å². The van der Waals surface area contributed by atoms with E-state index < -0.39 is 35.5 Å². The highest BCUT2D eigenvalue weighted by molar-refractivity contribution is 5.83. The van der Waals surface area contributed by atoms with Crippen molar-refractivity contribution in [2.75, 3.05) is 0 Å². The molecule has 1 aromatic carbocycles. The molecule has 1 aromatic rings. The van der Waals surface area contributed by atoms with Gasteiger partial charge in [-0.2, -0.15) is 0 Å². The van der Waals surface area contributed by atoms with Gasteiger partial charge >= 0.3 is 23.9 Å². The molecule has 0 heterocycles. The molecule has 0 aromatic heterocycles. The molecule has 2 N–H and O–H groups in total. The van der Waals surface area contributed by atoms with Crippen molar-refractivity contribution in [3.05, 3.63) is 23.8 Å². The Morgan fingerprint density at radius 3 is 1.84 bits per heavy atom. The molecule has 0 aliphatic heterocycles. The van der Waals surface area contributed by atoms with Gasteiger partial charge in [-0.25, -0.2) is 4.79 Å². The van der Waals surface area contributed by atoms with Gasteiger partial charge in [0, 0.05) is 25.3 Å². The summed E-state index contributed by atoms with van der Waals surface area (Å²) in [4.78, 5) is 50.3. The van der Waals surface area contributed by atoms with Crippen molar-refractivity contribution in [1.29, 1.82) is 0 Å². The lowest BCUT2D eigenvalue weighted by Gasteiger charge is -2.34. The van der Waals surface area contributed by atoms with Crippen molar-refractivity contribution < 1.29 is 38.5 Å². The Labute approximate surface area is 226 Å². The van der Waals surface area contributed by atoms with Crippen LogP contribution in [-0.2, 0) is 30.3 Å². The van der Waals surface area contributed by atoms with Gasteiger partial charge in [-0.1, -0.05) is 61.5 Å². The number of carboxylic acid groups (broad SMARTS) is 1. The number of nitrogens with one attached hydrogen (secondary N) is 1. The molecule has 0 fully saturated rings. The number of carboxylic acids is 1. The van der Waals surface area contributed by atoms with Crippen LogP contribution in [0, 0.1) is 23.7 Å². The summed E-state index contributed by atoms with van der Waals surface area (Å²) in [5, 5.41) is 13.2. The Balaban J connectivity index is 3.50. The molecule has 0 amide bonds. The molecule has 0 radical (unpaired) electrons. The van der Waals surface area contributed by atoms with E-state index >= 15 is 0 Å². The second-order valence-corrected chi connectivity index (χ2v) is 11.1. The van der Waals surface area contributed by atoms with Crippen molar-refractivity contribution in [2.24, 2.45) is 23.7 Å². The van der Waals surface area contributed by atoms with Crippen LogP contribution < -0.4 is 14.8 Å². The smallest absolute Gasteiger partial charge is 0.364 e. The summed E-state index contributed by atoms with van der Waals surface area (Å²) < 4.78 is 16.7. The molecule has 3 atom stereocenters. The average Bonchev–Trinajstić information content (AvgIpc) is 2.78. The summed E-state index contributed by atoms with van der Waals surface area (Å²) in [6.07, 6.45) is 0.655. The maximum atomic E-state index is 12.9. The van der Waals surface area contributed by atoms with Crippen LogP contribution >= 0.6 is 0 Å². The third kappa shape index (κ3) is 10.4. The molecule has 0 saturated carbocycles. The molecule has 0 aliphatic rings. The maximum absolute atomic E-state index is 12.9. The summed E-state index contributed by atoms with van der Waals surface area (Å²) in [7, 11) is 0. The monoisotopic (exact) mass is 535 g/mol. The van der Waals surface area contributed by atoms with Gasteiger partial charge in [0.1, 0.15) is 0 Å². The fourth-order valence-corrected chi connectivity index (χ4v) is 3.44. The van der Waals surface area contributed by atoms with E-state index in [9.17, 15) is 24.3 Å². The standard InChI is InChI=1S/C29H45NO8/c1-10-20(8)30-29(28(34)35,38-27(33)21(9)19(6)7)16-22-11-12-23(36-25(31)13-17(2)3)24(15-22)37-26(32)14-18(4)5/h11-12,15,17-21,30H,10,13-14,16H2,1-9H3,(H,34,35)/t20?,21?,29-/m0/s1. The van der Waals surface area contributed by atoms with Crippen LogP contribution in [0.2, 0.25) is 0 Å². The Morgan fingerprint density at radius 1 is 0.868 bits per heavy atom. The number of aliphatic carboxylic acids is 1. The highest BCUT2D eigenvalue weighted by Gasteiger charge is 2.45. The number of rotatable bonds is 15. The quantitative estimate of drug-likeness (QED) is 0.178. The van der Waals surface area contributed by atoms with Crippen LogP contribution in [0.15, 0.2) is 18.2 Å². The van der Waals surface area contributed by atoms with Gasteiger partial charge in [-0.15, -0.1) is 0 Å². The topological polar surface area (TPSA) is 128 Å². The molecule has 9 nitrogen and oxygen atoms in total. The highest BCUT2D eigenvalue weighted by Crippen LogP contribution is 2.32. The first-order valence-electron chi connectivity index (χ1n) is 13.4. The molecule has 0 saturated heterocycles. The fourth-order valence-electron chi connectivity index (χ4n) is 3.44. The zero-order valence-corrected chi connectivity index (χ0v) is 24.3. The van der Waals surface area contributed by atoms with E-state index in [2.05, 4.69) is 5.32 Å². The van der Waals surface area contributed by atoms with Crippen LogP contribution in [0.4, 0.5) is 0 Å². The number of hydrogen-bond donors (Lipinski definition) is 2. The van der Waals surface area contributed by atoms with E-state index in [1.54, 1.807) is 19.9 Å². The molecule has 0 aliphatic carbocycles. The molecular formula is C29H45NO8. The first-order valence-corrected chi connectivity index (χ1v) is 13.4. The zero-order valence-electron chi connectivity index (χ0n) is 24.3. The number of carbonyl (C=O) groups is 4. The summed E-state index contributed by atoms with van der Waals surface area (Å²) in [5.41, 5.74) is -1.66. The van der Waals surface area contributed by atoms with Gasteiger partial charge in [0.2, 0.25) is 0 Å². The first-order chi connectivity index (χ1) is 17.6. The predicted molar refractivity (Wildman–Crippen MR) is 144 cm³/mol. The lowest BCUT2D eigenvalue weighted by molar-refractivity contribution is -0.188. The Morgan fingerprint density at radius 2 is 1.39 bits per heavy atom. The van der Waals surface area contributed by atoms with E-state index in [4.69, 9.17) is 14.2 Å². The fraction of sp³-hybridized carbons (Fsp3) is 0.655. The molecule has 9 heteroatoms. The number of carbonyl (C=O) groups excluding carboxylic acids is 3. The van der Waals surface area contributed by atoms with Crippen LogP contribution in [0.3, 0.4) is 0 Å². The third-order valence-electron chi connectivity index (χ3n) is 6.14. The molecule has 1 rings (SSSR count). The highest BCUT2D eigenvalue weighted by atomic mass is 16.6. The first kappa shape index (κ1) is 33.1. The van der Waals surface area contributed by atoms with Crippen molar-refractivity contribution in [3.63, 3.8) is 0 Å². The zero-order chi connectivity index (χ0) is 29.2. The Hall–Kier alpha value is -2.94. The van der Waals surface area contributed by atoms with E-state index in [0.29, 0.717) is 12.0 Å². The number of esters is 3. The van der Waals surface area contributed by atoms with Crippen LogP contribution in [0.5, 0.6) is 11.5 Å². The molecule has 2 unspecified atom stereocenters. The van der Waals surface area contributed by atoms with Gasteiger partial charge in [-0.05, 0) is 48.8 Å². The molecular weight excluding hydrogens is 490 g/mol. The van der Waals surface area contributed by atoms with E-state index in [0.717, 1.165) is 0 Å². The Bertz CT molecular complexity index is 971. The van der Waals surface area contributed by atoms with Gasteiger partial charge < -0.3 is 19.3 Å². The van der Waals surface area contributed by atoms with Gasteiger partial charge in [0.15, 0.2) is 11.5 Å². The summed E-state index contributed by atoms with van der Waals surface area (Å²) >= 11 is 0. The molecule has 38 heavy (non-hydrogen) atoms. The van der Waals surface area contributed by atoms with Crippen LogP contribution in [-0.4, -0.2) is 40.8 Å². The lowest BCUT2D eigenvalue weighted by atomic mass is 9.97. The van der Waals surface area contributed by atoms with Crippen molar-refractivity contribution in [1.82, 2.24) is 5.32 Å². The largest absolute Gasteiger partial charge is 0.477 e. The summed E-state index contributed by atoms with van der Waals surface area (Å²) in [6, 6.07) is 4.19. The minimum absolute atomic E-state index is 0.00467. The number of ether oxygens (including phenoxy) is 3. The van der Waals surface area contributed by atoms with Crippen molar-refractivity contribution >= 4 is 23.9 Å². The van der Waals surface area contributed by atoms with Crippen molar-refractivity contribution in [2.45, 2.75) is 99.8 Å². The number of hydrogen-bond acceptors (Lipinski definition) is 8. The van der Waals surface area contributed by atoms with Crippen LogP contribution in [0.25, 0.3) is 0 Å². The second-order valence-electron chi connectivity index (χ2n) is 11.1. The maximum Gasteiger partial charge on any atom is 0.364 e. The molecule has 0 spiro atoms. The average molecular weight is 536 g/mol. The van der Waals surface area contributed by atoms with Gasteiger partial charge in [-0.3, -0.25) is 19.7 Å². The van der Waals surface area contributed by atoms with E-state index in [1.165, 1.54) is 12.1 Å². The van der Waals surface area contributed by atoms with Gasteiger partial charge in [0.25, 0.3) is 5.72 Å². The summed E-state index contributed by atoms with van der Waals surface area (Å²) in [6.45, 7) is 16.6. The Kier molecular flexibility index (Phi) is 12.9. The van der Waals surface area contributed by atoms with Crippen LogP contribution in [0.1, 0.15) is 87.1 Å². The molecule has 214 valence electrons. The minimum Gasteiger partial charge on any atom is -0.477 e. The van der Waals surface area contributed by atoms with Gasteiger partial charge in [0.05, 0.1) is 5.92 Å². The third-order valence-corrected chi connectivity index (χ3v) is 6.14. The predicted octanol–water partition coefficient (Wildman–Crippen LogP) is 5.14. The second kappa shape index (κ2) is 14.9. The SMILES string of the molecule is CCC(C)N[C@@](Cc1ccc(OC(=O)CC(C)C)c(OC(=O)CC(C)C)c1)(OC(=O)C(C)C(C)C)C(=O)O. The normalized spacial score (nSPS) is 14.6. The minimum atomic E-state index is -2.06.